The molecule has 1 aromatic carbocycles. The SMILES string of the molecule is CCN(C(=O)C(C)S)c1ccc(F)cc1. The quantitative estimate of drug-likeness (QED) is 0.787. The number of anilines is 1. The number of hydrogen-bond donors (Lipinski definition) is 1. The second kappa shape index (κ2) is 5.16. The van der Waals surface area contributed by atoms with Crippen LogP contribution >= 0.6 is 12.6 Å². The van der Waals surface area contributed by atoms with Gasteiger partial charge in [-0.05, 0) is 38.1 Å². The van der Waals surface area contributed by atoms with E-state index < -0.39 is 0 Å². The zero-order valence-electron chi connectivity index (χ0n) is 8.77. The maximum absolute atomic E-state index is 12.7. The van der Waals surface area contributed by atoms with Crippen LogP contribution in [0.15, 0.2) is 24.3 Å². The first-order valence-electron chi connectivity index (χ1n) is 4.81. The van der Waals surface area contributed by atoms with E-state index in [-0.39, 0.29) is 17.0 Å². The largest absolute Gasteiger partial charge is 0.312 e. The van der Waals surface area contributed by atoms with Crippen molar-refractivity contribution in [1.82, 2.24) is 0 Å². The van der Waals surface area contributed by atoms with Crippen molar-refractivity contribution in [3.63, 3.8) is 0 Å². The summed E-state index contributed by atoms with van der Waals surface area (Å²) in [4.78, 5) is 13.3. The Labute approximate surface area is 94.5 Å². The molecule has 1 amide bonds. The van der Waals surface area contributed by atoms with Gasteiger partial charge in [-0.25, -0.2) is 4.39 Å². The van der Waals surface area contributed by atoms with E-state index in [9.17, 15) is 9.18 Å². The minimum atomic E-state index is -0.352. The molecular formula is C11H14FNOS. The van der Waals surface area contributed by atoms with Crippen LogP contribution in [0.3, 0.4) is 0 Å². The highest BCUT2D eigenvalue weighted by Crippen LogP contribution is 2.16. The molecule has 1 unspecified atom stereocenters. The molecule has 82 valence electrons. The van der Waals surface area contributed by atoms with Crippen LogP contribution in [-0.4, -0.2) is 17.7 Å². The first-order chi connectivity index (χ1) is 7.06. The molecule has 0 aliphatic rings. The molecule has 0 aliphatic carbocycles. The fraction of sp³-hybridized carbons (Fsp3) is 0.364. The van der Waals surface area contributed by atoms with Crippen LogP contribution in [0.5, 0.6) is 0 Å². The summed E-state index contributed by atoms with van der Waals surface area (Å²) in [6.07, 6.45) is 0. The smallest absolute Gasteiger partial charge is 0.239 e. The number of carbonyl (C=O) groups excluding carboxylic acids is 1. The monoisotopic (exact) mass is 227 g/mol. The van der Waals surface area contributed by atoms with Gasteiger partial charge in [0.1, 0.15) is 5.82 Å². The maximum atomic E-state index is 12.7. The summed E-state index contributed by atoms with van der Waals surface area (Å²) < 4.78 is 12.7. The van der Waals surface area contributed by atoms with Crippen LogP contribution in [0, 0.1) is 5.82 Å². The van der Waals surface area contributed by atoms with Crippen LogP contribution in [0.25, 0.3) is 0 Å². The summed E-state index contributed by atoms with van der Waals surface area (Å²) in [5.41, 5.74) is 0.699. The van der Waals surface area contributed by atoms with Gasteiger partial charge in [0.2, 0.25) is 5.91 Å². The molecule has 0 aliphatic heterocycles. The first kappa shape index (κ1) is 12.0. The Hall–Kier alpha value is -1.03. The van der Waals surface area contributed by atoms with E-state index in [4.69, 9.17) is 0 Å². The molecule has 0 spiro atoms. The Morgan fingerprint density at radius 2 is 2.00 bits per heavy atom. The number of carbonyl (C=O) groups is 1. The third-order valence-corrected chi connectivity index (χ3v) is 2.30. The highest BCUT2D eigenvalue weighted by atomic mass is 32.1. The van der Waals surface area contributed by atoms with Crippen molar-refractivity contribution in [2.24, 2.45) is 0 Å². The predicted molar refractivity (Wildman–Crippen MR) is 62.9 cm³/mol. The summed E-state index contributed by atoms with van der Waals surface area (Å²) in [5.74, 6) is -0.381. The van der Waals surface area contributed by atoms with Crippen molar-refractivity contribution >= 4 is 24.2 Å². The van der Waals surface area contributed by atoms with Crippen molar-refractivity contribution in [3.8, 4) is 0 Å². The van der Waals surface area contributed by atoms with E-state index in [1.54, 1.807) is 24.0 Å². The second-order valence-corrected chi connectivity index (χ2v) is 4.01. The van der Waals surface area contributed by atoms with Crippen molar-refractivity contribution in [2.75, 3.05) is 11.4 Å². The van der Waals surface area contributed by atoms with E-state index in [0.29, 0.717) is 12.2 Å². The number of hydrogen-bond acceptors (Lipinski definition) is 2. The van der Waals surface area contributed by atoms with Crippen LogP contribution in [0.1, 0.15) is 13.8 Å². The van der Waals surface area contributed by atoms with Gasteiger partial charge in [0.05, 0.1) is 5.25 Å². The molecule has 2 nitrogen and oxygen atoms in total. The van der Waals surface area contributed by atoms with Gasteiger partial charge in [0.25, 0.3) is 0 Å². The summed E-state index contributed by atoms with van der Waals surface area (Å²) in [5, 5.41) is -0.352. The topological polar surface area (TPSA) is 20.3 Å². The normalized spacial score (nSPS) is 12.3. The van der Waals surface area contributed by atoms with Crippen LogP contribution in [0.4, 0.5) is 10.1 Å². The van der Waals surface area contributed by atoms with Crippen LogP contribution in [-0.2, 0) is 4.79 Å². The third-order valence-electron chi connectivity index (χ3n) is 2.08. The van der Waals surface area contributed by atoms with E-state index in [1.807, 2.05) is 6.92 Å². The molecule has 0 bridgehead atoms. The standard InChI is InChI=1S/C11H14FNOS/c1-3-13(11(14)8(2)15)10-6-4-9(12)5-7-10/h4-8,15H,3H2,1-2H3. The molecule has 0 saturated carbocycles. The lowest BCUT2D eigenvalue weighted by atomic mass is 10.2. The molecule has 1 rings (SSSR count). The van der Waals surface area contributed by atoms with Gasteiger partial charge in [-0.3, -0.25) is 4.79 Å². The molecule has 0 N–H and O–H groups in total. The third kappa shape index (κ3) is 2.96. The summed E-state index contributed by atoms with van der Waals surface area (Å²) >= 11 is 4.09. The molecule has 4 heteroatoms. The Bertz CT molecular complexity index is 337. The average molecular weight is 227 g/mol. The highest BCUT2D eigenvalue weighted by molar-refractivity contribution is 7.81. The number of amides is 1. The molecule has 0 fully saturated rings. The Morgan fingerprint density at radius 3 is 2.40 bits per heavy atom. The molecule has 0 radical (unpaired) electrons. The van der Waals surface area contributed by atoms with Crippen LogP contribution < -0.4 is 4.90 Å². The second-order valence-electron chi connectivity index (χ2n) is 3.23. The van der Waals surface area contributed by atoms with E-state index >= 15 is 0 Å². The molecule has 0 aromatic heterocycles. The minimum Gasteiger partial charge on any atom is -0.312 e. The van der Waals surface area contributed by atoms with Crippen molar-refractivity contribution < 1.29 is 9.18 Å². The van der Waals surface area contributed by atoms with Gasteiger partial charge in [0.15, 0.2) is 0 Å². The summed E-state index contributed by atoms with van der Waals surface area (Å²) in [6.45, 7) is 4.14. The van der Waals surface area contributed by atoms with Gasteiger partial charge < -0.3 is 4.90 Å². The highest BCUT2D eigenvalue weighted by Gasteiger charge is 2.17. The number of halogens is 1. The molecular weight excluding hydrogens is 213 g/mol. The molecule has 0 saturated heterocycles. The molecule has 1 aromatic rings. The molecule has 1 atom stereocenters. The lowest BCUT2D eigenvalue weighted by molar-refractivity contribution is -0.117. The zero-order valence-corrected chi connectivity index (χ0v) is 9.67. The van der Waals surface area contributed by atoms with Gasteiger partial charge in [-0.1, -0.05) is 0 Å². The van der Waals surface area contributed by atoms with Crippen LogP contribution in [0.2, 0.25) is 0 Å². The predicted octanol–water partition coefficient (Wildman–Crippen LogP) is 2.50. The lowest BCUT2D eigenvalue weighted by Gasteiger charge is -2.22. The Morgan fingerprint density at radius 1 is 1.47 bits per heavy atom. The number of nitrogens with zero attached hydrogens (tertiary/aromatic N) is 1. The number of thiol groups is 1. The van der Waals surface area contributed by atoms with E-state index in [2.05, 4.69) is 12.6 Å². The van der Waals surface area contributed by atoms with Gasteiger partial charge >= 0.3 is 0 Å². The number of benzene rings is 1. The van der Waals surface area contributed by atoms with Gasteiger partial charge in [-0.15, -0.1) is 0 Å². The van der Waals surface area contributed by atoms with Crippen molar-refractivity contribution in [1.29, 1.82) is 0 Å². The average Bonchev–Trinajstić information content (AvgIpc) is 2.21. The van der Waals surface area contributed by atoms with Gasteiger partial charge in [0, 0.05) is 12.2 Å². The minimum absolute atomic E-state index is 0.0764. The van der Waals surface area contributed by atoms with Gasteiger partial charge in [-0.2, -0.15) is 12.6 Å². The maximum Gasteiger partial charge on any atom is 0.239 e. The van der Waals surface area contributed by atoms with E-state index in [0.717, 1.165) is 0 Å². The fourth-order valence-electron chi connectivity index (χ4n) is 1.31. The molecule has 15 heavy (non-hydrogen) atoms. The Kier molecular flexibility index (Phi) is 4.15. The fourth-order valence-corrected chi connectivity index (χ4v) is 1.45. The lowest BCUT2D eigenvalue weighted by Crippen LogP contribution is -2.35. The number of rotatable bonds is 3. The van der Waals surface area contributed by atoms with Crippen molar-refractivity contribution in [2.45, 2.75) is 19.1 Å². The summed E-state index contributed by atoms with van der Waals surface area (Å²) in [6, 6.07) is 5.86. The zero-order chi connectivity index (χ0) is 11.4. The molecule has 0 heterocycles. The van der Waals surface area contributed by atoms with Crippen molar-refractivity contribution in [3.05, 3.63) is 30.1 Å². The summed E-state index contributed by atoms with van der Waals surface area (Å²) in [7, 11) is 0. The first-order valence-corrected chi connectivity index (χ1v) is 5.33. The van der Waals surface area contributed by atoms with E-state index in [1.165, 1.54) is 12.1 Å². The Balaban J connectivity index is 2.92.